The van der Waals surface area contributed by atoms with E-state index in [2.05, 4.69) is 20.9 Å². The van der Waals surface area contributed by atoms with Crippen molar-refractivity contribution in [2.45, 2.75) is 6.92 Å². The topological polar surface area (TPSA) is 30.8 Å². The Morgan fingerprint density at radius 2 is 1.85 bits per heavy atom. The number of nitrogens with zero attached hydrogens (tertiary/aromatic N) is 1. The van der Waals surface area contributed by atoms with Gasteiger partial charge in [0.15, 0.2) is 11.5 Å². The molecule has 0 amide bonds. The van der Waals surface area contributed by atoms with Gasteiger partial charge in [0.2, 0.25) is 0 Å². The number of hydrogen-bond acceptors (Lipinski definition) is 3. The third kappa shape index (κ3) is 3.20. The maximum Gasteiger partial charge on any atom is 0.174 e. The van der Waals surface area contributed by atoms with Gasteiger partial charge in [0.1, 0.15) is 0 Å². The van der Waals surface area contributed by atoms with Crippen molar-refractivity contribution in [2.75, 3.05) is 14.2 Å². The molecule has 4 heteroatoms. The molecule has 0 heterocycles. The molecule has 0 bridgehead atoms. The van der Waals surface area contributed by atoms with Crippen LogP contribution >= 0.6 is 15.9 Å². The number of benzene rings is 2. The fourth-order valence-electron chi connectivity index (χ4n) is 1.86. The highest BCUT2D eigenvalue weighted by atomic mass is 79.9. The Labute approximate surface area is 127 Å². The van der Waals surface area contributed by atoms with E-state index >= 15 is 0 Å². The first kappa shape index (κ1) is 14.6. The molecule has 0 saturated heterocycles. The van der Waals surface area contributed by atoms with E-state index < -0.39 is 0 Å². The zero-order valence-electron chi connectivity index (χ0n) is 11.7. The smallest absolute Gasteiger partial charge is 0.174 e. The quantitative estimate of drug-likeness (QED) is 0.770. The summed E-state index contributed by atoms with van der Waals surface area (Å²) in [5.74, 6) is 1.36. The molecule has 0 aliphatic carbocycles. The maximum atomic E-state index is 5.32. The zero-order chi connectivity index (χ0) is 14.5. The molecule has 20 heavy (non-hydrogen) atoms. The van der Waals surface area contributed by atoms with E-state index in [0.29, 0.717) is 11.5 Å². The highest BCUT2D eigenvalue weighted by molar-refractivity contribution is 9.10. The summed E-state index contributed by atoms with van der Waals surface area (Å²) < 4.78 is 11.4. The number of para-hydroxylation sites is 1. The Bertz CT molecular complexity index is 638. The number of aliphatic imine (C=N–C) groups is 1. The third-order valence-electron chi connectivity index (χ3n) is 2.92. The number of aryl methyl sites for hydroxylation is 1. The number of methoxy groups -OCH3 is 2. The number of halogens is 1. The summed E-state index contributed by atoms with van der Waals surface area (Å²) in [7, 11) is 3.23. The van der Waals surface area contributed by atoms with Crippen molar-refractivity contribution >= 4 is 27.8 Å². The van der Waals surface area contributed by atoms with Crippen molar-refractivity contribution in [3.8, 4) is 11.5 Å². The van der Waals surface area contributed by atoms with Gasteiger partial charge in [-0.05, 0) is 52.2 Å². The summed E-state index contributed by atoms with van der Waals surface area (Å²) in [4.78, 5) is 4.51. The summed E-state index contributed by atoms with van der Waals surface area (Å²) >= 11 is 3.47. The first-order valence-electron chi connectivity index (χ1n) is 6.17. The molecule has 2 aromatic rings. The van der Waals surface area contributed by atoms with E-state index in [4.69, 9.17) is 9.47 Å². The molecule has 0 radical (unpaired) electrons. The lowest BCUT2D eigenvalue weighted by Gasteiger charge is -2.10. The SMILES string of the molecule is COc1cc(C=Nc2ccccc2C)cc(Br)c1OC. The van der Waals surface area contributed by atoms with Crippen LogP contribution in [0, 0.1) is 6.92 Å². The lowest BCUT2D eigenvalue weighted by Crippen LogP contribution is -1.93. The molecule has 0 aliphatic heterocycles. The Morgan fingerprint density at radius 1 is 1.10 bits per heavy atom. The van der Waals surface area contributed by atoms with Crippen LogP contribution in [0.4, 0.5) is 5.69 Å². The zero-order valence-corrected chi connectivity index (χ0v) is 13.3. The Hall–Kier alpha value is -1.81. The normalized spacial score (nSPS) is 10.8. The van der Waals surface area contributed by atoms with Crippen LogP contribution in [0.2, 0.25) is 0 Å². The molecule has 2 rings (SSSR count). The van der Waals surface area contributed by atoms with Gasteiger partial charge < -0.3 is 9.47 Å². The Balaban J connectivity index is 2.35. The van der Waals surface area contributed by atoms with Crippen molar-refractivity contribution in [1.29, 1.82) is 0 Å². The minimum Gasteiger partial charge on any atom is -0.493 e. The lowest BCUT2D eigenvalue weighted by molar-refractivity contribution is 0.353. The van der Waals surface area contributed by atoms with E-state index in [1.165, 1.54) is 0 Å². The molecule has 0 atom stereocenters. The van der Waals surface area contributed by atoms with Gasteiger partial charge in [0, 0.05) is 6.21 Å². The molecule has 0 unspecified atom stereocenters. The van der Waals surface area contributed by atoms with Gasteiger partial charge in [0.25, 0.3) is 0 Å². The van der Waals surface area contributed by atoms with Crippen molar-refractivity contribution in [3.63, 3.8) is 0 Å². The predicted octanol–water partition coefficient (Wildman–Crippen LogP) is 4.53. The van der Waals surface area contributed by atoms with E-state index in [-0.39, 0.29) is 0 Å². The fraction of sp³-hybridized carbons (Fsp3) is 0.188. The van der Waals surface area contributed by atoms with Gasteiger partial charge in [-0.25, -0.2) is 0 Å². The monoisotopic (exact) mass is 333 g/mol. The molecule has 0 aliphatic rings. The summed E-state index contributed by atoms with van der Waals surface area (Å²) in [6.45, 7) is 2.04. The summed E-state index contributed by atoms with van der Waals surface area (Å²) in [5.41, 5.74) is 3.04. The molecule has 0 fully saturated rings. The standard InChI is InChI=1S/C16H16BrNO2/c1-11-6-4-5-7-14(11)18-10-12-8-13(17)16(20-3)15(9-12)19-2/h4-10H,1-3H3. The van der Waals surface area contributed by atoms with Crippen LogP contribution in [0.1, 0.15) is 11.1 Å². The predicted molar refractivity (Wildman–Crippen MR) is 85.7 cm³/mol. The van der Waals surface area contributed by atoms with Crippen molar-refractivity contribution < 1.29 is 9.47 Å². The maximum absolute atomic E-state index is 5.32. The summed E-state index contributed by atoms with van der Waals surface area (Å²) in [5, 5.41) is 0. The number of hydrogen-bond donors (Lipinski definition) is 0. The minimum atomic E-state index is 0.674. The van der Waals surface area contributed by atoms with E-state index in [1.54, 1.807) is 14.2 Å². The Kier molecular flexibility index (Phi) is 4.79. The van der Waals surface area contributed by atoms with Gasteiger partial charge in [-0.2, -0.15) is 0 Å². The van der Waals surface area contributed by atoms with Crippen molar-refractivity contribution in [3.05, 3.63) is 52.0 Å². The average molecular weight is 334 g/mol. The minimum absolute atomic E-state index is 0.674. The second-order valence-electron chi connectivity index (χ2n) is 4.28. The highest BCUT2D eigenvalue weighted by Gasteiger charge is 2.09. The second kappa shape index (κ2) is 6.57. The van der Waals surface area contributed by atoms with Gasteiger partial charge in [0.05, 0.1) is 24.4 Å². The van der Waals surface area contributed by atoms with Crippen LogP contribution in [-0.2, 0) is 0 Å². The van der Waals surface area contributed by atoms with E-state index in [9.17, 15) is 0 Å². The highest BCUT2D eigenvalue weighted by Crippen LogP contribution is 2.36. The molecule has 2 aromatic carbocycles. The summed E-state index contributed by atoms with van der Waals surface area (Å²) in [6, 6.07) is 11.8. The van der Waals surface area contributed by atoms with Crippen LogP contribution in [0.15, 0.2) is 45.9 Å². The van der Waals surface area contributed by atoms with Gasteiger partial charge in [-0.15, -0.1) is 0 Å². The first-order chi connectivity index (χ1) is 9.65. The molecule has 0 N–H and O–H groups in total. The van der Waals surface area contributed by atoms with E-state index in [1.807, 2.05) is 49.5 Å². The van der Waals surface area contributed by atoms with Gasteiger partial charge in [-0.1, -0.05) is 18.2 Å². The van der Waals surface area contributed by atoms with Crippen molar-refractivity contribution in [2.24, 2.45) is 4.99 Å². The molecule has 104 valence electrons. The molecular weight excluding hydrogens is 318 g/mol. The van der Waals surface area contributed by atoms with E-state index in [0.717, 1.165) is 21.3 Å². The third-order valence-corrected chi connectivity index (χ3v) is 3.51. The van der Waals surface area contributed by atoms with Crippen LogP contribution in [0.3, 0.4) is 0 Å². The molecular formula is C16H16BrNO2. The van der Waals surface area contributed by atoms with Crippen LogP contribution in [0.25, 0.3) is 0 Å². The second-order valence-corrected chi connectivity index (χ2v) is 5.14. The summed E-state index contributed by atoms with van der Waals surface area (Å²) in [6.07, 6.45) is 1.81. The lowest BCUT2D eigenvalue weighted by atomic mass is 10.2. The first-order valence-corrected chi connectivity index (χ1v) is 6.96. The molecule has 0 spiro atoms. The molecule has 0 aromatic heterocycles. The molecule has 0 saturated carbocycles. The van der Waals surface area contributed by atoms with Crippen molar-refractivity contribution in [1.82, 2.24) is 0 Å². The van der Waals surface area contributed by atoms with Crippen LogP contribution < -0.4 is 9.47 Å². The number of rotatable bonds is 4. The van der Waals surface area contributed by atoms with Gasteiger partial charge in [-0.3, -0.25) is 4.99 Å². The largest absolute Gasteiger partial charge is 0.493 e. The van der Waals surface area contributed by atoms with Crippen LogP contribution in [0.5, 0.6) is 11.5 Å². The van der Waals surface area contributed by atoms with Gasteiger partial charge >= 0.3 is 0 Å². The fourth-order valence-corrected chi connectivity index (χ4v) is 2.49. The number of ether oxygens (including phenoxy) is 2. The Morgan fingerprint density at radius 3 is 2.50 bits per heavy atom. The molecule has 3 nitrogen and oxygen atoms in total. The average Bonchev–Trinajstić information content (AvgIpc) is 2.45. The van der Waals surface area contributed by atoms with Crippen LogP contribution in [-0.4, -0.2) is 20.4 Å².